The van der Waals surface area contributed by atoms with Crippen LogP contribution in [0.5, 0.6) is 0 Å². The minimum atomic E-state index is 0.168. The largest absolute Gasteiger partial charge is 0.339 e. The number of aryl methyl sites for hydroxylation is 2. The van der Waals surface area contributed by atoms with Gasteiger partial charge in [0.05, 0.1) is 0 Å². The Labute approximate surface area is 162 Å². The predicted octanol–water partition coefficient (Wildman–Crippen LogP) is 4.09. The minimum Gasteiger partial charge on any atom is -0.339 e. The molecule has 4 nitrogen and oxygen atoms in total. The topological polar surface area (TPSA) is 40.6 Å². The van der Waals surface area contributed by atoms with Crippen LogP contribution in [0.2, 0.25) is 0 Å². The maximum atomic E-state index is 13.0. The van der Waals surface area contributed by atoms with Crippen LogP contribution in [-0.4, -0.2) is 47.3 Å². The van der Waals surface area contributed by atoms with Gasteiger partial charge in [-0.3, -0.25) is 9.59 Å². The Bertz CT molecular complexity index is 728. The Kier molecular flexibility index (Phi) is 5.00. The summed E-state index contributed by atoms with van der Waals surface area (Å²) in [5.41, 5.74) is 3.33. The first-order chi connectivity index (χ1) is 13.0. The van der Waals surface area contributed by atoms with Gasteiger partial charge in [-0.05, 0) is 63.0 Å². The molecule has 2 heterocycles. The molecule has 0 aromatic heterocycles. The second kappa shape index (κ2) is 7.29. The van der Waals surface area contributed by atoms with Gasteiger partial charge in [0.25, 0.3) is 5.91 Å². The second-order valence-electron chi connectivity index (χ2n) is 9.07. The number of carbonyl (C=O) groups is 2. The van der Waals surface area contributed by atoms with Gasteiger partial charge >= 0.3 is 0 Å². The summed E-state index contributed by atoms with van der Waals surface area (Å²) in [5, 5.41) is 0. The van der Waals surface area contributed by atoms with Gasteiger partial charge in [-0.1, -0.05) is 30.5 Å². The van der Waals surface area contributed by atoms with Crippen molar-refractivity contribution < 1.29 is 9.59 Å². The van der Waals surface area contributed by atoms with Gasteiger partial charge in [-0.25, -0.2) is 0 Å². The zero-order valence-electron chi connectivity index (χ0n) is 16.8. The van der Waals surface area contributed by atoms with Crippen molar-refractivity contribution in [1.29, 1.82) is 0 Å². The van der Waals surface area contributed by atoms with Gasteiger partial charge in [0.15, 0.2) is 0 Å². The van der Waals surface area contributed by atoms with Crippen molar-refractivity contribution in [2.75, 3.05) is 19.6 Å². The Morgan fingerprint density at radius 2 is 1.78 bits per heavy atom. The molecule has 3 aliphatic rings. The second-order valence-corrected chi connectivity index (χ2v) is 9.07. The molecule has 4 heteroatoms. The zero-order valence-corrected chi connectivity index (χ0v) is 16.8. The van der Waals surface area contributed by atoms with Crippen LogP contribution in [-0.2, 0) is 4.79 Å². The molecule has 1 spiro atoms. The van der Waals surface area contributed by atoms with E-state index in [1.165, 1.54) is 31.2 Å². The monoisotopic (exact) mass is 368 g/mol. The highest BCUT2D eigenvalue weighted by molar-refractivity contribution is 5.95. The molecule has 1 aromatic rings. The molecule has 1 aromatic carbocycles. The van der Waals surface area contributed by atoms with E-state index in [4.69, 9.17) is 0 Å². The number of hydrogen-bond donors (Lipinski definition) is 0. The summed E-state index contributed by atoms with van der Waals surface area (Å²) >= 11 is 0. The first-order valence-electron chi connectivity index (χ1n) is 10.6. The van der Waals surface area contributed by atoms with Crippen LogP contribution >= 0.6 is 0 Å². The molecule has 2 amide bonds. The van der Waals surface area contributed by atoms with E-state index >= 15 is 0 Å². The molecular formula is C23H32N2O2. The molecule has 0 atom stereocenters. The number of carbonyl (C=O) groups excluding carboxylic acids is 2. The molecule has 0 unspecified atom stereocenters. The average Bonchev–Trinajstić information content (AvgIpc) is 3.19. The molecule has 2 saturated heterocycles. The van der Waals surface area contributed by atoms with Gasteiger partial charge < -0.3 is 9.80 Å². The molecule has 2 aliphatic heterocycles. The molecule has 27 heavy (non-hydrogen) atoms. The number of nitrogens with zero attached hydrogens (tertiary/aromatic N) is 2. The van der Waals surface area contributed by atoms with Crippen LogP contribution in [0.3, 0.4) is 0 Å². The normalized spacial score (nSPS) is 23.3. The molecule has 1 saturated carbocycles. The molecule has 0 radical (unpaired) electrons. The lowest BCUT2D eigenvalue weighted by atomic mass is 9.72. The Morgan fingerprint density at radius 1 is 1.07 bits per heavy atom. The lowest BCUT2D eigenvalue weighted by Gasteiger charge is -2.49. The number of piperidine rings is 2. The minimum absolute atomic E-state index is 0.168. The molecule has 0 N–H and O–H groups in total. The molecule has 146 valence electrons. The standard InChI is InChI=1S/C23H32N2O2/c1-17-7-8-20(18(2)15-17)22(27)24-13-11-23(12-14-24)10-9-21(26)25(16-23)19-5-3-4-6-19/h7-8,15,19H,3-6,9-14,16H2,1-2H3. The fraction of sp³-hybridized carbons (Fsp3) is 0.652. The maximum Gasteiger partial charge on any atom is 0.254 e. The number of likely N-dealkylation sites (tertiary alicyclic amines) is 2. The highest BCUT2D eigenvalue weighted by Crippen LogP contribution is 2.42. The van der Waals surface area contributed by atoms with E-state index in [1.54, 1.807) is 0 Å². The summed E-state index contributed by atoms with van der Waals surface area (Å²) in [4.78, 5) is 29.7. The van der Waals surface area contributed by atoms with Crippen molar-refractivity contribution in [3.05, 3.63) is 34.9 Å². The lowest BCUT2D eigenvalue weighted by molar-refractivity contribution is -0.142. The highest BCUT2D eigenvalue weighted by atomic mass is 16.2. The van der Waals surface area contributed by atoms with E-state index in [2.05, 4.69) is 17.9 Å². The van der Waals surface area contributed by atoms with Crippen LogP contribution < -0.4 is 0 Å². The lowest BCUT2D eigenvalue weighted by Crippen LogP contribution is -2.54. The third-order valence-corrected chi connectivity index (χ3v) is 7.18. The molecular weight excluding hydrogens is 336 g/mol. The SMILES string of the molecule is Cc1ccc(C(=O)N2CCC3(CCC(=O)N(C4CCCC4)C3)CC2)c(C)c1. The summed E-state index contributed by atoms with van der Waals surface area (Å²) in [5.74, 6) is 0.531. The van der Waals surface area contributed by atoms with E-state index in [0.29, 0.717) is 18.4 Å². The fourth-order valence-electron chi connectivity index (χ4n) is 5.41. The van der Waals surface area contributed by atoms with E-state index in [-0.39, 0.29) is 11.3 Å². The van der Waals surface area contributed by atoms with E-state index in [0.717, 1.165) is 50.0 Å². The summed E-state index contributed by atoms with van der Waals surface area (Å²) < 4.78 is 0. The van der Waals surface area contributed by atoms with E-state index in [1.807, 2.05) is 24.0 Å². The van der Waals surface area contributed by atoms with Crippen LogP contribution in [0, 0.1) is 19.3 Å². The van der Waals surface area contributed by atoms with Crippen molar-refractivity contribution in [3.8, 4) is 0 Å². The summed E-state index contributed by atoms with van der Waals surface area (Å²) in [6.07, 6.45) is 8.64. The quantitative estimate of drug-likeness (QED) is 0.789. The number of benzene rings is 1. The van der Waals surface area contributed by atoms with Crippen molar-refractivity contribution in [2.45, 2.75) is 71.3 Å². The smallest absolute Gasteiger partial charge is 0.254 e. The highest BCUT2D eigenvalue weighted by Gasteiger charge is 2.43. The molecule has 0 bridgehead atoms. The van der Waals surface area contributed by atoms with E-state index < -0.39 is 0 Å². The van der Waals surface area contributed by atoms with Crippen LogP contribution in [0.4, 0.5) is 0 Å². The summed E-state index contributed by atoms with van der Waals surface area (Å²) in [6, 6.07) is 6.56. The van der Waals surface area contributed by atoms with Gasteiger partial charge in [0.1, 0.15) is 0 Å². The number of rotatable bonds is 2. The Hall–Kier alpha value is -1.84. The molecule has 4 rings (SSSR count). The van der Waals surface area contributed by atoms with Crippen molar-refractivity contribution in [1.82, 2.24) is 9.80 Å². The number of amides is 2. The molecule has 1 aliphatic carbocycles. The maximum absolute atomic E-state index is 13.0. The van der Waals surface area contributed by atoms with Crippen LogP contribution in [0.25, 0.3) is 0 Å². The first kappa shape index (κ1) is 18.5. The fourth-order valence-corrected chi connectivity index (χ4v) is 5.41. The summed E-state index contributed by atoms with van der Waals surface area (Å²) in [6.45, 7) is 6.64. The zero-order chi connectivity index (χ0) is 19.0. The van der Waals surface area contributed by atoms with Crippen molar-refractivity contribution in [2.24, 2.45) is 5.41 Å². The van der Waals surface area contributed by atoms with Crippen molar-refractivity contribution in [3.63, 3.8) is 0 Å². The third-order valence-electron chi connectivity index (χ3n) is 7.18. The predicted molar refractivity (Wildman–Crippen MR) is 107 cm³/mol. The number of hydrogen-bond acceptors (Lipinski definition) is 2. The van der Waals surface area contributed by atoms with Gasteiger partial charge in [-0.2, -0.15) is 0 Å². The first-order valence-corrected chi connectivity index (χ1v) is 10.6. The Balaban J connectivity index is 1.42. The molecule has 3 fully saturated rings. The Morgan fingerprint density at radius 3 is 2.44 bits per heavy atom. The van der Waals surface area contributed by atoms with E-state index in [9.17, 15) is 9.59 Å². The summed E-state index contributed by atoms with van der Waals surface area (Å²) in [7, 11) is 0. The third kappa shape index (κ3) is 3.63. The van der Waals surface area contributed by atoms with Crippen LogP contribution in [0.1, 0.15) is 72.9 Å². The van der Waals surface area contributed by atoms with Gasteiger partial charge in [0, 0.05) is 37.7 Å². The van der Waals surface area contributed by atoms with Crippen molar-refractivity contribution >= 4 is 11.8 Å². The van der Waals surface area contributed by atoms with Gasteiger partial charge in [-0.15, -0.1) is 0 Å². The average molecular weight is 369 g/mol. The van der Waals surface area contributed by atoms with Gasteiger partial charge in [0.2, 0.25) is 5.91 Å². The van der Waals surface area contributed by atoms with Crippen LogP contribution in [0.15, 0.2) is 18.2 Å².